The number of aromatic amines is 1. The average Bonchev–Trinajstić information content (AvgIpc) is 3.01. The minimum absolute atomic E-state index is 0.0751. The lowest BCUT2D eigenvalue weighted by Gasteiger charge is -2.31. The highest BCUT2D eigenvalue weighted by Crippen LogP contribution is 2.21. The molecule has 18 heavy (non-hydrogen) atoms. The molecule has 0 aliphatic carbocycles. The third kappa shape index (κ3) is 2.63. The molecule has 1 fully saturated rings. The largest absolute Gasteiger partial charge is 0.368 e. The van der Waals surface area contributed by atoms with Crippen molar-refractivity contribution in [1.82, 2.24) is 14.9 Å². The van der Waals surface area contributed by atoms with Crippen LogP contribution < -0.4 is 0 Å². The monoisotopic (exact) mass is 263 g/mol. The number of imidazole rings is 1. The van der Waals surface area contributed by atoms with Crippen molar-refractivity contribution in [2.24, 2.45) is 0 Å². The second-order valence-corrected chi connectivity index (χ2v) is 5.46. The Morgan fingerprint density at radius 2 is 2.56 bits per heavy atom. The van der Waals surface area contributed by atoms with E-state index in [0.717, 1.165) is 37.8 Å². The average molecular weight is 263 g/mol. The smallest absolute Gasteiger partial charge is 0.136 e. The summed E-state index contributed by atoms with van der Waals surface area (Å²) >= 11 is 1.75. The van der Waals surface area contributed by atoms with Gasteiger partial charge in [-0.3, -0.25) is 4.90 Å². The molecule has 0 saturated carbocycles. The number of morpholine rings is 1. The Kier molecular flexibility index (Phi) is 3.45. The van der Waals surface area contributed by atoms with Gasteiger partial charge in [0.25, 0.3) is 0 Å². The number of nitrogens with zero attached hydrogens (tertiary/aromatic N) is 2. The third-order valence-electron chi connectivity index (χ3n) is 3.16. The molecule has 0 amide bonds. The van der Waals surface area contributed by atoms with Crippen LogP contribution in [0, 0.1) is 6.92 Å². The summed E-state index contributed by atoms with van der Waals surface area (Å²) in [7, 11) is 0. The van der Waals surface area contributed by atoms with Gasteiger partial charge in [0.1, 0.15) is 11.9 Å². The van der Waals surface area contributed by atoms with E-state index in [1.807, 2.05) is 13.1 Å². The van der Waals surface area contributed by atoms with Gasteiger partial charge in [-0.15, -0.1) is 0 Å². The normalized spacial score (nSPS) is 21.3. The molecule has 0 aromatic carbocycles. The van der Waals surface area contributed by atoms with E-state index in [0.29, 0.717) is 0 Å². The van der Waals surface area contributed by atoms with E-state index < -0.39 is 0 Å². The van der Waals surface area contributed by atoms with E-state index in [1.54, 1.807) is 11.3 Å². The molecule has 0 bridgehead atoms. The van der Waals surface area contributed by atoms with Crippen molar-refractivity contribution in [3.63, 3.8) is 0 Å². The lowest BCUT2D eigenvalue weighted by Crippen LogP contribution is -2.38. The van der Waals surface area contributed by atoms with E-state index in [9.17, 15) is 0 Å². The zero-order chi connectivity index (χ0) is 12.4. The molecule has 2 aromatic rings. The molecule has 1 saturated heterocycles. The minimum Gasteiger partial charge on any atom is -0.368 e. The van der Waals surface area contributed by atoms with E-state index in [4.69, 9.17) is 4.74 Å². The minimum atomic E-state index is 0.0751. The molecule has 5 heteroatoms. The lowest BCUT2D eigenvalue weighted by molar-refractivity contribution is -0.0368. The van der Waals surface area contributed by atoms with Gasteiger partial charge in [-0.25, -0.2) is 4.98 Å². The van der Waals surface area contributed by atoms with Gasteiger partial charge in [0.05, 0.1) is 6.61 Å². The second-order valence-electron chi connectivity index (χ2n) is 4.68. The van der Waals surface area contributed by atoms with E-state index in [-0.39, 0.29) is 6.10 Å². The van der Waals surface area contributed by atoms with Crippen LogP contribution in [0.3, 0.4) is 0 Å². The second kappa shape index (κ2) is 5.22. The van der Waals surface area contributed by atoms with Gasteiger partial charge in [0.15, 0.2) is 0 Å². The Labute approximate surface area is 111 Å². The van der Waals surface area contributed by atoms with E-state index in [1.165, 1.54) is 5.56 Å². The quantitative estimate of drug-likeness (QED) is 0.924. The summed E-state index contributed by atoms with van der Waals surface area (Å²) in [5.41, 5.74) is 2.47. The zero-order valence-corrected chi connectivity index (χ0v) is 11.2. The summed E-state index contributed by atoms with van der Waals surface area (Å²) in [5, 5.41) is 4.34. The number of ether oxygens (including phenoxy) is 1. The number of H-pyrrole nitrogens is 1. The highest BCUT2D eigenvalue weighted by molar-refractivity contribution is 7.07. The molecule has 3 rings (SSSR count). The molecule has 0 radical (unpaired) electrons. The molecule has 1 aliphatic heterocycles. The summed E-state index contributed by atoms with van der Waals surface area (Å²) in [4.78, 5) is 10.1. The molecule has 0 spiro atoms. The fourth-order valence-corrected chi connectivity index (χ4v) is 2.91. The number of hydrogen-bond acceptors (Lipinski definition) is 4. The predicted molar refractivity (Wildman–Crippen MR) is 71.6 cm³/mol. The summed E-state index contributed by atoms with van der Waals surface area (Å²) in [5.74, 6) is 0.947. The van der Waals surface area contributed by atoms with E-state index in [2.05, 4.69) is 31.7 Å². The first kappa shape index (κ1) is 11.9. The maximum atomic E-state index is 5.79. The fraction of sp³-hybridized carbons (Fsp3) is 0.462. The van der Waals surface area contributed by atoms with Gasteiger partial charge >= 0.3 is 0 Å². The lowest BCUT2D eigenvalue weighted by atomic mass is 10.2. The Morgan fingerprint density at radius 3 is 3.28 bits per heavy atom. The van der Waals surface area contributed by atoms with Gasteiger partial charge in [-0.05, 0) is 29.3 Å². The number of rotatable bonds is 3. The molecule has 3 heterocycles. The van der Waals surface area contributed by atoms with Crippen molar-refractivity contribution >= 4 is 11.3 Å². The van der Waals surface area contributed by atoms with Crippen molar-refractivity contribution < 1.29 is 4.74 Å². The number of hydrogen-bond donors (Lipinski definition) is 1. The Hall–Kier alpha value is -1.17. The summed E-state index contributed by atoms with van der Waals surface area (Å²) in [6.45, 7) is 5.69. The summed E-state index contributed by atoms with van der Waals surface area (Å²) in [6, 6.07) is 2.19. The first-order chi connectivity index (χ1) is 8.81. The van der Waals surface area contributed by atoms with Crippen molar-refractivity contribution in [2.75, 3.05) is 19.7 Å². The number of aromatic nitrogens is 2. The maximum absolute atomic E-state index is 5.79. The van der Waals surface area contributed by atoms with Gasteiger partial charge in [-0.2, -0.15) is 11.3 Å². The SMILES string of the molecule is Cc1cnc(C2CN(Cc3ccsc3)CCO2)[nH]1. The molecule has 1 unspecified atom stereocenters. The van der Waals surface area contributed by atoms with Gasteiger partial charge < -0.3 is 9.72 Å². The summed E-state index contributed by atoms with van der Waals surface area (Å²) in [6.07, 6.45) is 1.93. The van der Waals surface area contributed by atoms with Gasteiger partial charge in [0, 0.05) is 31.5 Å². The van der Waals surface area contributed by atoms with Gasteiger partial charge in [-0.1, -0.05) is 0 Å². The first-order valence-corrected chi connectivity index (χ1v) is 7.12. The first-order valence-electron chi connectivity index (χ1n) is 6.18. The Bertz CT molecular complexity index is 494. The Morgan fingerprint density at radius 1 is 1.61 bits per heavy atom. The number of thiophene rings is 1. The molecule has 1 atom stereocenters. The van der Waals surface area contributed by atoms with Crippen LogP contribution in [0.2, 0.25) is 0 Å². The van der Waals surface area contributed by atoms with Crippen LogP contribution in [0.25, 0.3) is 0 Å². The van der Waals surface area contributed by atoms with Crippen LogP contribution in [0.1, 0.15) is 23.2 Å². The van der Waals surface area contributed by atoms with Crippen LogP contribution >= 0.6 is 11.3 Å². The Balaban J connectivity index is 1.65. The maximum Gasteiger partial charge on any atom is 0.136 e. The highest BCUT2D eigenvalue weighted by atomic mass is 32.1. The van der Waals surface area contributed by atoms with Crippen molar-refractivity contribution in [2.45, 2.75) is 19.6 Å². The number of nitrogens with one attached hydrogen (secondary N) is 1. The molecular formula is C13H17N3OS. The van der Waals surface area contributed by atoms with Crippen LogP contribution in [0.15, 0.2) is 23.0 Å². The third-order valence-corrected chi connectivity index (χ3v) is 3.90. The molecule has 2 aromatic heterocycles. The van der Waals surface area contributed by atoms with Crippen LogP contribution in [-0.4, -0.2) is 34.6 Å². The van der Waals surface area contributed by atoms with Crippen molar-refractivity contribution in [1.29, 1.82) is 0 Å². The molecule has 96 valence electrons. The fourth-order valence-electron chi connectivity index (χ4n) is 2.25. The van der Waals surface area contributed by atoms with Crippen molar-refractivity contribution in [3.8, 4) is 0 Å². The molecule has 1 aliphatic rings. The molecular weight excluding hydrogens is 246 g/mol. The van der Waals surface area contributed by atoms with Crippen LogP contribution in [-0.2, 0) is 11.3 Å². The topological polar surface area (TPSA) is 41.2 Å². The zero-order valence-electron chi connectivity index (χ0n) is 10.4. The van der Waals surface area contributed by atoms with Crippen molar-refractivity contribution in [3.05, 3.63) is 40.1 Å². The molecule has 4 nitrogen and oxygen atoms in total. The standard InChI is InChI=1S/C13H17N3OS/c1-10-6-14-13(15-10)12-8-16(3-4-17-12)7-11-2-5-18-9-11/h2,5-6,9,12H,3-4,7-8H2,1H3,(H,14,15). The predicted octanol–water partition coefficient (Wildman–Crippen LogP) is 2.35. The van der Waals surface area contributed by atoms with Crippen LogP contribution in [0.4, 0.5) is 0 Å². The molecule has 1 N–H and O–H groups in total. The van der Waals surface area contributed by atoms with Gasteiger partial charge in [0.2, 0.25) is 0 Å². The van der Waals surface area contributed by atoms with E-state index >= 15 is 0 Å². The highest BCUT2D eigenvalue weighted by Gasteiger charge is 2.24. The number of aryl methyl sites for hydroxylation is 1. The summed E-state index contributed by atoms with van der Waals surface area (Å²) < 4.78 is 5.79. The van der Waals surface area contributed by atoms with Crippen LogP contribution in [0.5, 0.6) is 0 Å².